The highest BCUT2D eigenvalue weighted by Gasteiger charge is 2.23. The quantitative estimate of drug-likeness (QED) is 0.854. The molecule has 17 heavy (non-hydrogen) atoms. The lowest BCUT2D eigenvalue weighted by Gasteiger charge is -2.28. The van der Waals surface area contributed by atoms with Crippen molar-refractivity contribution >= 4 is 39.0 Å². The first-order valence-corrected chi connectivity index (χ1v) is 8.90. The maximum absolute atomic E-state index is 5.94. The molecular formula is C13H20BrNS2. The minimum Gasteiger partial charge on any atom is -0.329 e. The molecule has 4 heteroatoms. The van der Waals surface area contributed by atoms with Crippen LogP contribution in [0.2, 0.25) is 0 Å². The van der Waals surface area contributed by atoms with Gasteiger partial charge in [-0.2, -0.15) is 0 Å². The van der Waals surface area contributed by atoms with E-state index in [1.807, 2.05) is 11.3 Å². The summed E-state index contributed by atoms with van der Waals surface area (Å²) >= 11 is 7.45. The van der Waals surface area contributed by atoms with Crippen molar-refractivity contribution < 1.29 is 0 Å². The van der Waals surface area contributed by atoms with E-state index in [4.69, 9.17) is 5.73 Å². The zero-order valence-electron chi connectivity index (χ0n) is 10.2. The van der Waals surface area contributed by atoms with Crippen LogP contribution >= 0.6 is 39.0 Å². The Morgan fingerprint density at radius 2 is 2.41 bits per heavy atom. The van der Waals surface area contributed by atoms with E-state index >= 15 is 0 Å². The summed E-state index contributed by atoms with van der Waals surface area (Å²) in [5.74, 6) is 0.898. The van der Waals surface area contributed by atoms with Gasteiger partial charge < -0.3 is 5.73 Å². The minimum atomic E-state index is 0.488. The third-order valence-corrected chi connectivity index (χ3v) is 6.91. The Labute approximate surface area is 121 Å². The van der Waals surface area contributed by atoms with Gasteiger partial charge in [0.05, 0.1) is 5.25 Å². The molecule has 0 saturated heterocycles. The second-order valence-corrected chi connectivity index (χ2v) is 8.29. The molecule has 0 spiro atoms. The van der Waals surface area contributed by atoms with Gasteiger partial charge in [0.25, 0.3) is 0 Å². The molecule has 3 unspecified atom stereocenters. The van der Waals surface area contributed by atoms with Gasteiger partial charge in [-0.3, -0.25) is 0 Å². The van der Waals surface area contributed by atoms with E-state index in [0.717, 1.165) is 17.7 Å². The summed E-state index contributed by atoms with van der Waals surface area (Å²) in [6, 6.07) is 2.22. The lowest BCUT2D eigenvalue weighted by molar-refractivity contribution is 0.393. The molecule has 1 saturated carbocycles. The summed E-state index contributed by atoms with van der Waals surface area (Å²) in [6.45, 7) is 3.13. The Balaban J connectivity index is 1.95. The van der Waals surface area contributed by atoms with Gasteiger partial charge in [0.15, 0.2) is 0 Å². The highest BCUT2D eigenvalue weighted by Crippen LogP contribution is 2.41. The van der Waals surface area contributed by atoms with Crippen LogP contribution < -0.4 is 5.73 Å². The highest BCUT2D eigenvalue weighted by molar-refractivity contribution is 9.10. The van der Waals surface area contributed by atoms with Crippen LogP contribution in [0, 0.1) is 5.92 Å². The van der Waals surface area contributed by atoms with E-state index in [1.54, 1.807) is 0 Å². The summed E-state index contributed by atoms with van der Waals surface area (Å²) in [7, 11) is 0. The van der Waals surface area contributed by atoms with Crippen molar-refractivity contribution in [2.24, 2.45) is 11.7 Å². The first kappa shape index (κ1) is 13.9. The molecule has 1 aliphatic carbocycles. The van der Waals surface area contributed by atoms with Crippen molar-refractivity contribution in [2.75, 3.05) is 6.54 Å². The highest BCUT2D eigenvalue weighted by atomic mass is 79.9. The first-order valence-electron chi connectivity index (χ1n) is 6.28. The number of nitrogens with two attached hydrogens (primary N) is 1. The van der Waals surface area contributed by atoms with Gasteiger partial charge in [-0.15, -0.1) is 23.1 Å². The van der Waals surface area contributed by atoms with Gasteiger partial charge in [-0.1, -0.05) is 19.8 Å². The van der Waals surface area contributed by atoms with Crippen LogP contribution in [-0.4, -0.2) is 11.8 Å². The van der Waals surface area contributed by atoms with Crippen LogP contribution in [0.25, 0.3) is 0 Å². The molecule has 0 bridgehead atoms. The van der Waals surface area contributed by atoms with E-state index < -0.39 is 0 Å². The SMILES string of the molecule is CC1CCCC(SC(CN)c2cc(Br)cs2)C1. The molecule has 1 aliphatic rings. The zero-order chi connectivity index (χ0) is 12.3. The fourth-order valence-electron chi connectivity index (χ4n) is 2.47. The summed E-state index contributed by atoms with van der Waals surface area (Å²) in [5.41, 5.74) is 5.94. The van der Waals surface area contributed by atoms with Gasteiger partial charge in [-0.05, 0) is 40.8 Å². The minimum absolute atomic E-state index is 0.488. The predicted octanol–water partition coefficient (Wildman–Crippen LogP) is 4.82. The molecule has 1 fully saturated rings. The van der Waals surface area contributed by atoms with Crippen LogP contribution in [0.1, 0.15) is 42.7 Å². The average Bonchev–Trinajstić information content (AvgIpc) is 2.73. The zero-order valence-corrected chi connectivity index (χ0v) is 13.4. The Morgan fingerprint density at radius 1 is 1.59 bits per heavy atom. The van der Waals surface area contributed by atoms with Crippen LogP contribution in [-0.2, 0) is 0 Å². The topological polar surface area (TPSA) is 26.0 Å². The lowest BCUT2D eigenvalue weighted by atomic mass is 9.91. The van der Waals surface area contributed by atoms with Gasteiger partial charge in [0.1, 0.15) is 0 Å². The van der Waals surface area contributed by atoms with Crippen LogP contribution in [0.4, 0.5) is 0 Å². The number of hydrogen-bond donors (Lipinski definition) is 1. The van der Waals surface area contributed by atoms with E-state index in [-0.39, 0.29) is 0 Å². The molecule has 2 rings (SSSR count). The average molecular weight is 334 g/mol. The smallest absolute Gasteiger partial charge is 0.0516 e. The first-order chi connectivity index (χ1) is 8.19. The molecular weight excluding hydrogens is 314 g/mol. The van der Waals surface area contributed by atoms with Crippen LogP contribution in [0.15, 0.2) is 15.9 Å². The fraction of sp³-hybridized carbons (Fsp3) is 0.692. The molecule has 0 aliphatic heterocycles. The molecule has 0 amide bonds. The molecule has 0 aromatic carbocycles. The lowest BCUT2D eigenvalue weighted by Crippen LogP contribution is -2.19. The predicted molar refractivity (Wildman–Crippen MR) is 82.8 cm³/mol. The van der Waals surface area contributed by atoms with Crippen molar-refractivity contribution in [3.63, 3.8) is 0 Å². The second kappa shape index (κ2) is 6.60. The standard InChI is InChI=1S/C13H20BrNS2/c1-9-3-2-4-11(5-9)17-13(7-15)12-6-10(14)8-16-12/h6,8-9,11,13H,2-5,7,15H2,1H3. The summed E-state index contributed by atoms with van der Waals surface area (Å²) in [4.78, 5) is 1.42. The molecule has 1 nitrogen and oxygen atoms in total. The normalized spacial score (nSPS) is 27.0. The van der Waals surface area contributed by atoms with Gasteiger partial charge in [0.2, 0.25) is 0 Å². The maximum Gasteiger partial charge on any atom is 0.0516 e. The van der Waals surface area contributed by atoms with E-state index in [9.17, 15) is 0 Å². The van der Waals surface area contributed by atoms with Gasteiger partial charge in [0, 0.05) is 26.5 Å². The van der Waals surface area contributed by atoms with E-state index in [0.29, 0.717) is 5.25 Å². The Morgan fingerprint density at radius 3 is 3.00 bits per heavy atom. The van der Waals surface area contributed by atoms with Gasteiger partial charge >= 0.3 is 0 Å². The molecule has 3 atom stereocenters. The number of thioether (sulfide) groups is 1. The Kier molecular flexibility index (Phi) is 5.40. The van der Waals surface area contributed by atoms with Crippen molar-refractivity contribution in [1.82, 2.24) is 0 Å². The van der Waals surface area contributed by atoms with Crippen LogP contribution in [0.5, 0.6) is 0 Å². The van der Waals surface area contributed by atoms with Crippen molar-refractivity contribution in [3.8, 4) is 0 Å². The van der Waals surface area contributed by atoms with Crippen molar-refractivity contribution in [1.29, 1.82) is 0 Å². The third kappa shape index (κ3) is 3.98. The Hall–Kier alpha value is 0.490. The number of rotatable bonds is 4. The second-order valence-electron chi connectivity index (χ2n) is 4.92. The molecule has 0 radical (unpaired) electrons. The molecule has 1 heterocycles. The van der Waals surface area contributed by atoms with Crippen LogP contribution in [0.3, 0.4) is 0 Å². The van der Waals surface area contributed by atoms with E-state index in [2.05, 4.69) is 46.1 Å². The maximum atomic E-state index is 5.94. The molecule has 96 valence electrons. The summed E-state index contributed by atoms with van der Waals surface area (Å²) < 4.78 is 1.19. The van der Waals surface area contributed by atoms with Crippen molar-refractivity contribution in [2.45, 2.75) is 43.1 Å². The molecule has 2 N–H and O–H groups in total. The van der Waals surface area contributed by atoms with E-state index in [1.165, 1.54) is 35.0 Å². The molecule has 1 aromatic rings. The molecule has 1 aromatic heterocycles. The monoisotopic (exact) mass is 333 g/mol. The summed E-state index contributed by atoms with van der Waals surface area (Å²) in [6.07, 6.45) is 5.55. The number of hydrogen-bond acceptors (Lipinski definition) is 3. The fourth-order valence-corrected chi connectivity index (χ4v) is 5.76. The third-order valence-electron chi connectivity index (χ3n) is 3.36. The summed E-state index contributed by atoms with van der Waals surface area (Å²) in [5, 5.41) is 3.46. The number of halogens is 1. The Bertz CT molecular complexity index is 353. The van der Waals surface area contributed by atoms with Gasteiger partial charge in [-0.25, -0.2) is 0 Å². The number of thiophene rings is 1. The van der Waals surface area contributed by atoms with Crippen molar-refractivity contribution in [3.05, 3.63) is 20.8 Å². The largest absolute Gasteiger partial charge is 0.329 e.